The molecule has 0 bridgehead atoms. The van der Waals surface area contributed by atoms with Crippen LogP contribution < -0.4 is 19.5 Å². The van der Waals surface area contributed by atoms with Crippen LogP contribution in [0.5, 0.6) is 11.5 Å². The maximum absolute atomic E-state index is 12.7. The summed E-state index contributed by atoms with van der Waals surface area (Å²) in [6.45, 7) is 4.47. The molecule has 9 heteroatoms. The van der Waals surface area contributed by atoms with Crippen molar-refractivity contribution in [1.29, 1.82) is 0 Å². The number of anilines is 1. The van der Waals surface area contributed by atoms with Crippen molar-refractivity contribution >= 4 is 21.7 Å². The number of rotatable bonds is 11. The molecule has 0 spiro atoms. The third-order valence-corrected chi connectivity index (χ3v) is 5.84. The van der Waals surface area contributed by atoms with Crippen molar-refractivity contribution in [1.82, 2.24) is 4.72 Å². The first-order chi connectivity index (χ1) is 14.2. The molecule has 0 unspecified atom stereocenters. The number of hydrogen-bond donors (Lipinski definition) is 3. The number of carbonyl (C=O) groups is 1. The molecule has 0 aliphatic carbocycles. The van der Waals surface area contributed by atoms with Crippen LogP contribution in [0.4, 0.5) is 5.69 Å². The van der Waals surface area contributed by atoms with E-state index in [0.29, 0.717) is 30.2 Å². The van der Waals surface area contributed by atoms with Crippen molar-refractivity contribution in [3.63, 3.8) is 0 Å². The fourth-order valence-corrected chi connectivity index (χ4v) is 4.18. The van der Waals surface area contributed by atoms with Gasteiger partial charge in [-0.05, 0) is 48.2 Å². The van der Waals surface area contributed by atoms with Crippen molar-refractivity contribution in [2.75, 3.05) is 32.6 Å². The lowest BCUT2D eigenvalue weighted by molar-refractivity contribution is 0.0696. The van der Waals surface area contributed by atoms with Gasteiger partial charge in [-0.15, -0.1) is 0 Å². The highest BCUT2D eigenvalue weighted by atomic mass is 32.2. The van der Waals surface area contributed by atoms with Gasteiger partial charge in [0.1, 0.15) is 4.90 Å². The summed E-state index contributed by atoms with van der Waals surface area (Å²) in [6, 6.07) is 9.59. The van der Waals surface area contributed by atoms with Crippen LogP contribution in [-0.2, 0) is 16.4 Å². The zero-order valence-corrected chi connectivity index (χ0v) is 18.4. The molecular weight excluding hydrogens is 408 g/mol. The maximum atomic E-state index is 12.7. The van der Waals surface area contributed by atoms with Gasteiger partial charge in [0.25, 0.3) is 0 Å². The van der Waals surface area contributed by atoms with Crippen LogP contribution in [0.15, 0.2) is 41.3 Å². The minimum atomic E-state index is -3.87. The minimum Gasteiger partial charge on any atom is -0.493 e. The van der Waals surface area contributed by atoms with E-state index in [-0.39, 0.29) is 22.9 Å². The number of nitrogens with one attached hydrogen (secondary N) is 2. The number of ether oxygens (including phenoxy) is 2. The van der Waals surface area contributed by atoms with Gasteiger partial charge in [0.2, 0.25) is 10.0 Å². The van der Waals surface area contributed by atoms with E-state index < -0.39 is 16.0 Å². The van der Waals surface area contributed by atoms with E-state index in [1.807, 2.05) is 32.0 Å². The average Bonchev–Trinajstić information content (AvgIpc) is 2.72. The molecule has 3 N–H and O–H groups in total. The lowest BCUT2D eigenvalue weighted by atomic mass is 10.1. The summed E-state index contributed by atoms with van der Waals surface area (Å²) in [6.07, 6.45) is 0.597. The highest BCUT2D eigenvalue weighted by Crippen LogP contribution is 2.28. The molecule has 2 rings (SSSR count). The Kier molecular flexibility index (Phi) is 8.08. The van der Waals surface area contributed by atoms with Gasteiger partial charge >= 0.3 is 5.97 Å². The van der Waals surface area contributed by atoms with Gasteiger partial charge in [0, 0.05) is 13.1 Å². The number of carboxylic acids is 1. The Balaban J connectivity index is 2.21. The van der Waals surface area contributed by atoms with Crippen LogP contribution >= 0.6 is 0 Å². The smallest absolute Gasteiger partial charge is 0.335 e. The van der Waals surface area contributed by atoms with E-state index in [1.165, 1.54) is 18.2 Å². The van der Waals surface area contributed by atoms with Crippen LogP contribution in [0, 0.1) is 5.92 Å². The fourth-order valence-electron chi connectivity index (χ4n) is 2.76. The van der Waals surface area contributed by atoms with Crippen molar-refractivity contribution < 1.29 is 27.8 Å². The predicted molar refractivity (Wildman–Crippen MR) is 115 cm³/mol. The second-order valence-electron chi connectivity index (χ2n) is 7.13. The molecule has 0 saturated carbocycles. The van der Waals surface area contributed by atoms with Crippen LogP contribution in [-0.4, -0.2) is 46.8 Å². The highest BCUT2D eigenvalue weighted by Gasteiger charge is 2.21. The molecule has 0 heterocycles. The molecule has 2 aromatic rings. The van der Waals surface area contributed by atoms with Gasteiger partial charge in [-0.3, -0.25) is 0 Å². The monoisotopic (exact) mass is 436 g/mol. The molecule has 8 nitrogen and oxygen atoms in total. The molecule has 164 valence electrons. The lowest BCUT2D eigenvalue weighted by Gasteiger charge is -2.15. The molecule has 2 aromatic carbocycles. The van der Waals surface area contributed by atoms with Gasteiger partial charge in [-0.1, -0.05) is 19.9 Å². The van der Waals surface area contributed by atoms with E-state index in [0.717, 1.165) is 5.56 Å². The summed E-state index contributed by atoms with van der Waals surface area (Å²) in [7, 11) is -0.744. The molecule has 30 heavy (non-hydrogen) atoms. The Hall–Kier alpha value is -2.78. The van der Waals surface area contributed by atoms with E-state index in [2.05, 4.69) is 10.0 Å². The van der Waals surface area contributed by atoms with Gasteiger partial charge in [-0.2, -0.15) is 0 Å². The van der Waals surface area contributed by atoms with E-state index >= 15 is 0 Å². The molecule has 0 aliphatic rings. The number of sulfonamides is 1. The standard InChI is InChI=1S/C21H28N2O6S/c1-14(2)13-23-30(26,27)20-12-16(21(24)25)6-7-17(20)22-10-9-15-5-8-18(28-3)19(11-15)29-4/h5-8,11-12,14,22-23H,9-10,13H2,1-4H3,(H,24,25). The summed E-state index contributed by atoms with van der Waals surface area (Å²) < 4.78 is 38.5. The zero-order valence-electron chi connectivity index (χ0n) is 17.6. The summed E-state index contributed by atoms with van der Waals surface area (Å²) in [5.41, 5.74) is 1.23. The zero-order chi connectivity index (χ0) is 22.3. The first-order valence-corrected chi connectivity index (χ1v) is 11.0. The molecule has 0 fully saturated rings. The highest BCUT2D eigenvalue weighted by molar-refractivity contribution is 7.89. The van der Waals surface area contributed by atoms with E-state index in [4.69, 9.17) is 9.47 Å². The fraction of sp³-hybridized carbons (Fsp3) is 0.381. The number of aromatic carboxylic acids is 1. The van der Waals surface area contributed by atoms with Crippen molar-refractivity contribution in [3.05, 3.63) is 47.5 Å². The number of benzene rings is 2. The molecule has 0 atom stereocenters. The largest absolute Gasteiger partial charge is 0.493 e. The van der Waals surface area contributed by atoms with Gasteiger partial charge in [0.15, 0.2) is 11.5 Å². The molecule has 0 amide bonds. The van der Waals surface area contributed by atoms with Gasteiger partial charge < -0.3 is 19.9 Å². The number of methoxy groups -OCH3 is 2. The summed E-state index contributed by atoms with van der Waals surface area (Å²) in [5.74, 6) is 0.168. The molecule has 0 aromatic heterocycles. The quantitative estimate of drug-likeness (QED) is 0.496. The van der Waals surface area contributed by atoms with E-state index in [9.17, 15) is 18.3 Å². The summed E-state index contributed by atoms with van der Waals surface area (Å²) in [5, 5.41) is 12.3. The van der Waals surface area contributed by atoms with Crippen LogP contribution in [0.3, 0.4) is 0 Å². The first-order valence-electron chi connectivity index (χ1n) is 9.49. The Morgan fingerprint density at radius 1 is 1.07 bits per heavy atom. The number of carboxylic acid groups (broad SMARTS) is 1. The SMILES string of the molecule is COc1ccc(CCNc2ccc(C(=O)O)cc2S(=O)(=O)NCC(C)C)cc1OC. The molecule has 0 saturated heterocycles. The third kappa shape index (κ3) is 6.11. The van der Waals surface area contributed by atoms with Crippen LogP contribution in [0.1, 0.15) is 29.8 Å². The second kappa shape index (κ2) is 10.3. The molecule has 0 aliphatic heterocycles. The summed E-state index contributed by atoms with van der Waals surface area (Å²) >= 11 is 0. The topological polar surface area (TPSA) is 114 Å². The van der Waals surface area contributed by atoms with Crippen molar-refractivity contribution in [2.45, 2.75) is 25.2 Å². The van der Waals surface area contributed by atoms with Crippen molar-refractivity contribution in [2.24, 2.45) is 5.92 Å². The Morgan fingerprint density at radius 3 is 2.37 bits per heavy atom. The van der Waals surface area contributed by atoms with Crippen molar-refractivity contribution in [3.8, 4) is 11.5 Å². The van der Waals surface area contributed by atoms with Gasteiger partial charge in [-0.25, -0.2) is 17.9 Å². The summed E-state index contributed by atoms with van der Waals surface area (Å²) in [4.78, 5) is 11.2. The Morgan fingerprint density at radius 2 is 1.77 bits per heavy atom. The van der Waals surface area contributed by atoms with E-state index in [1.54, 1.807) is 14.2 Å². The maximum Gasteiger partial charge on any atom is 0.335 e. The number of hydrogen-bond acceptors (Lipinski definition) is 6. The van der Waals surface area contributed by atoms with Crippen LogP contribution in [0.25, 0.3) is 0 Å². The second-order valence-corrected chi connectivity index (χ2v) is 8.86. The predicted octanol–water partition coefficient (Wildman–Crippen LogP) is 2.99. The first kappa shape index (κ1) is 23.5. The third-order valence-electron chi connectivity index (χ3n) is 4.38. The minimum absolute atomic E-state index is 0.0876. The molecule has 0 radical (unpaired) electrons. The normalized spacial score (nSPS) is 11.4. The lowest BCUT2D eigenvalue weighted by Crippen LogP contribution is -2.28. The molecular formula is C21H28N2O6S. The average molecular weight is 437 g/mol. The Labute approximate surface area is 177 Å². The Bertz CT molecular complexity index is 989. The van der Waals surface area contributed by atoms with Gasteiger partial charge in [0.05, 0.1) is 25.5 Å². The van der Waals surface area contributed by atoms with Crippen LogP contribution in [0.2, 0.25) is 0 Å².